The number of morpholine rings is 1. The Hall–Kier alpha value is -4.08. The normalized spacial score (nSPS) is 17.9. The third kappa shape index (κ3) is 5.90. The van der Waals surface area contributed by atoms with Crippen LogP contribution in [0.15, 0.2) is 76.4 Å². The first-order valence-electron chi connectivity index (χ1n) is 13.5. The maximum absolute atomic E-state index is 13.6. The number of aliphatic hydroxyl groups is 1. The van der Waals surface area contributed by atoms with Gasteiger partial charge in [0.1, 0.15) is 12.4 Å². The van der Waals surface area contributed by atoms with E-state index in [1.54, 1.807) is 49.3 Å². The number of furan rings is 1. The largest absolute Gasteiger partial charge is 0.503 e. The molecular formula is C31H34N2O7. The number of methoxy groups -OCH3 is 1. The number of benzene rings is 2. The molecule has 5 rings (SSSR count). The van der Waals surface area contributed by atoms with Gasteiger partial charge >= 0.3 is 0 Å². The summed E-state index contributed by atoms with van der Waals surface area (Å²) in [6.45, 7) is 6.27. The van der Waals surface area contributed by atoms with E-state index in [4.69, 9.17) is 18.6 Å². The van der Waals surface area contributed by atoms with Crippen LogP contribution < -0.4 is 9.47 Å². The molecule has 1 atom stereocenters. The van der Waals surface area contributed by atoms with Gasteiger partial charge in [0.25, 0.3) is 5.91 Å². The first-order valence-corrected chi connectivity index (χ1v) is 13.5. The third-order valence-corrected chi connectivity index (χ3v) is 7.23. The number of aliphatic hydroxyl groups excluding tert-OH is 1. The lowest BCUT2D eigenvalue weighted by Gasteiger charge is -2.30. The van der Waals surface area contributed by atoms with Gasteiger partial charge in [0.15, 0.2) is 23.0 Å². The zero-order chi connectivity index (χ0) is 28.1. The van der Waals surface area contributed by atoms with E-state index in [2.05, 4.69) is 4.90 Å². The highest BCUT2D eigenvalue weighted by molar-refractivity contribution is 6.15. The van der Waals surface area contributed by atoms with Crippen molar-refractivity contribution >= 4 is 11.7 Å². The Labute approximate surface area is 233 Å². The van der Waals surface area contributed by atoms with Crippen molar-refractivity contribution in [1.82, 2.24) is 9.80 Å². The number of Topliss-reactive ketones (excluding diaryl/α,β-unsaturated/α-hetero) is 1. The quantitative estimate of drug-likeness (QED) is 0.352. The highest BCUT2D eigenvalue weighted by atomic mass is 16.5. The molecule has 0 radical (unpaired) electrons. The Morgan fingerprint density at radius 1 is 1.02 bits per heavy atom. The Kier molecular flexibility index (Phi) is 8.52. The van der Waals surface area contributed by atoms with Crippen molar-refractivity contribution in [3.63, 3.8) is 0 Å². The fourth-order valence-electron chi connectivity index (χ4n) is 5.15. The van der Waals surface area contributed by atoms with Crippen LogP contribution in [0.5, 0.6) is 11.5 Å². The van der Waals surface area contributed by atoms with Gasteiger partial charge in [-0.3, -0.25) is 14.5 Å². The van der Waals surface area contributed by atoms with E-state index >= 15 is 0 Å². The Morgan fingerprint density at radius 2 is 1.80 bits per heavy atom. The standard InChI is InChI=1S/C31H34N2O7/c1-21-9-11-25(40-21)29(34)27-28(33(31(36)30(27)35)14-6-13-32-15-17-38-18-16-32)23-10-12-24(26(19-23)37-2)39-20-22-7-4-3-5-8-22/h3-5,7-12,19,28,35H,6,13-18,20H2,1-2H3. The third-order valence-electron chi connectivity index (χ3n) is 7.23. The number of rotatable bonds is 11. The molecule has 9 nitrogen and oxygen atoms in total. The number of carbonyl (C=O) groups excluding carboxylic acids is 2. The molecule has 1 saturated heterocycles. The van der Waals surface area contributed by atoms with Crippen LogP contribution >= 0.6 is 0 Å². The van der Waals surface area contributed by atoms with Crippen LogP contribution in [0.4, 0.5) is 0 Å². The molecule has 3 aromatic rings. The van der Waals surface area contributed by atoms with E-state index in [-0.39, 0.29) is 11.3 Å². The molecule has 0 aliphatic carbocycles. The number of carbonyl (C=O) groups is 2. The summed E-state index contributed by atoms with van der Waals surface area (Å²) in [6.07, 6.45) is 0.673. The van der Waals surface area contributed by atoms with Gasteiger partial charge in [0.2, 0.25) is 5.78 Å². The predicted octanol–water partition coefficient (Wildman–Crippen LogP) is 4.48. The summed E-state index contributed by atoms with van der Waals surface area (Å²) in [5.74, 6) is -0.0407. The second-order valence-electron chi connectivity index (χ2n) is 9.89. The van der Waals surface area contributed by atoms with E-state index in [0.29, 0.717) is 55.6 Å². The molecule has 0 bridgehead atoms. The molecule has 9 heteroatoms. The average Bonchev–Trinajstić information content (AvgIpc) is 3.53. The van der Waals surface area contributed by atoms with Crippen molar-refractivity contribution in [2.75, 3.05) is 46.5 Å². The van der Waals surface area contributed by atoms with Crippen LogP contribution in [0, 0.1) is 6.92 Å². The van der Waals surface area contributed by atoms with Crippen molar-refractivity contribution in [2.24, 2.45) is 0 Å². The predicted molar refractivity (Wildman–Crippen MR) is 148 cm³/mol. The lowest BCUT2D eigenvalue weighted by Crippen LogP contribution is -2.39. The molecule has 1 fully saturated rings. The number of ketones is 1. The summed E-state index contributed by atoms with van der Waals surface area (Å²) < 4.78 is 22.7. The highest BCUT2D eigenvalue weighted by Gasteiger charge is 2.44. The smallest absolute Gasteiger partial charge is 0.290 e. The molecule has 1 N–H and O–H groups in total. The van der Waals surface area contributed by atoms with E-state index < -0.39 is 23.5 Å². The van der Waals surface area contributed by atoms with Gasteiger partial charge < -0.3 is 28.6 Å². The average molecular weight is 547 g/mol. The molecule has 0 saturated carbocycles. The van der Waals surface area contributed by atoms with Gasteiger partial charge in [-0.2, -0.15) is 0 Å². The molecule has 40 heavy (non-hydrogen) atoms. The van der Waals surface area contributed by atoms with Crippen LogP contribution in [0.25, 0.3) is 0 Å². The van der Waals surface area contributed by atoms with Crippen LogP contribution in [0.3, 0.4) is 0 Å². The number of hydrogen-bond donors (Lipinski definition) is 1. The molecule has 1 amide bonds. The maximum Gasteiger partial charge on any atom is 0.290 e. The summed E-state index contributed by atoms with van der Waals surface area (Å²) >= 11 is 0. The number of ether oxygens (including phenoxy) is 3. The summed E-state index contributed by atoms with van der Waals surface area (Å²) in [6, 6.07) is 17.5. The van der Waals surface area contributed by atoms with Crippen LogP contribution in [-0.2, 0) is 16.1 Å². The van der Waals surface area contributed by atoms with Crippen molar-refractivity contribution in [3.05, 3.63) is 94.6 Å². The van der Waals surface area contributed by atoms with Crippen LogP contribution in [0.2, 0.25) is 0 Å². The van der Waals surface area contributed by atoms with Crippen LogP contribution in [-0.4, -0.2) is 73.1 Å². The second-order valence-corrected chi connectivity index (χ2v) is 9.89. The Balaban J connectivity index is 1.43. The Morgan fingerprint density at radius 3 is 2.50 bits per heavy atom. The zero-order valence-electron chi connectivity index (χ0n) is 22.8. The molecular weight excluding hydrogens is 512 g/mol. The number of nitrogens with zero attached hydrogens (tertiary/aromatic N) is 2. The lowest BCUT2D eigenvalue weighted by molar-refractivity contribution is -0.129. The highest BCUT2D eigenvalue weighted by Crippen LogP contribution is 2.42. The van der Waals surface area contributed by atoms with Gasteiger partial charge in [0, 0.05) is 26.2 Å². The topological polar surface area (TPSA) is 102 Å². The van der Waals surface area contributed by atoms with E-state index in [1.165, 1.54) is 0 Å². The number of aryl methyl sites for hydroxylation is 1. The summed E-state index contributed by atoms with van der Waals surface area (Å²) in [4.78, 5) is 30.8. The minimum Gasteiger partial charge on any atom is -0.503 e. The molecule has 3 heterocycles. The van der Waals surface area contributed by atoms with Gasteiger partial charge in [-0.1, -0.05) is 36.4 Å². The van der Waals surface area contributed by atoms with E-state index in [1.807, 2.05) is 30.3 Å². The number of amides is 1. The molecule has 1 unspecified atom stereocenters. The Bertz CT molecular complexity index is 1380. The van der Waals surface area contributed by atoms with Gasteiger partial charge in [0.05, 0.1) is 31.9 Å². The lowest BCUT2D eigenvalue weighted by atomic mass is 9.94. The summed E-state index contributed by atoms with van der Waals surface area (Å²) in [5.41, 5.74) is 1.63. The fourth-order valence-corrected chi connectivity index (χ4v) is 5.15. The second kappa shape index (κ2) is 12.4. The SMILES string of the molecule is COc1cc(C2C(C(=O)c3ccc(C)o3)=C(O)C(=O)N2CCCN2CCOCC2)ccc1OCc1ccccc1. The van der Waals surface area contributed by atoms with Crippen molar-refractivity contribution in [1.29, 1.82) is 0 Å². The zero-order valence-corrected chi connectivity index (χ0v) is 22.8. The monoisotopic (exact) mass is 546 g/mol. The van der Waals surface area contributed by atoms with Gasteiger partial charge in [-0.25, -0.2) is 0 Å². The molecule has 2 aliphatic heterocycles. The molecule has 210 valence electrons. The molecule has 2 aromatic carbocycles. The first-order chi connectivity index (χ1) is 19.5. The maximum atomic E-state index is 13.6. The minimum atomic E-state index is -0.813. The van der Waals surface area contributed by atoms with Crippen molar-refractivity contribution in [3.8, 4) is 11.5 Å². The van der Waals surface area contributed by atoms with E-state index in [0.717, 1.165) is 25.2 Å². The van der Waals surface area contributed by atoms with Crippen LogP contribution in [0.1, 0.15) is 39.9 Å². The molecule has 0 spiro atoms. The minimum absolute atomic E-state index is 0.00858. The summed E-state index contributed by atoms with van der Waals surface area (Å²) in [7, 11) is 1.54. The van der Waals surface area contributed by atoms with Gasteiger partial charge in [-0.05, 0) is 48.7 Å². The molecule has 2 aliphatic rings. The summed E-state index contributed by atoms with van der Waals surface area (Å²) in [5, 5.41) is 11.0. The van der Waals surface area contributed by atoms with E-state index in [9.17, 15) is 14.7 Å². The molecule has 1 aromatic heterocycles. The number of hydrogen-bond acceptors (Lipinski definition) is 8. The van der Waals surface area contributed by atoms with Crippen molar-refractivity contribution < 1.29 is 33.3 Å². The first kappa shape index (κ1) is 27.5. The van der Waals surface area contributed by atoms with Gasteiger partial charge in [-0.15, -0.1) is 0 Å². The van der Waals surface area contributed by atoms with Crippen molar-refractivity contribution in [2.45, 2.75) is 26.0 Å². The fraction of sp³-hybridized carbons (Fsp3) is 0.355.